The van der Waals surface area contributed by atoms with Crippen LogP contribution < -0.4 is 4.90 Å². The lowest BCUT2D eigenvalue weighted by Gasteiger charge is -2.19. The summed E-state index contributed by atoms with van der Waals surface area (Å²) in [5, 5.41) is 11.6. The van der Waals surface area contributed by atoms with Crippen molar-refractivity contribution in [2.24, 2.45) is 0 Å². The lowest BCUT2D eigenvalue weighted by molar-refractivity contribution is -0.384. The van der Waals surface area contributed by atoms with Gasteiger partial charge in [0.2, 0.25) is 0 Å². The Kier molecular flexibility index (Phi) is 6.07. The Hall–Kier alpha value is -5.11. The van der Waals surface area contributed by atoms with Gasteiger partial charge in [-0.15, -0.1) is 0 Å². The van der Waals surface area contributed by atoms with E-state index in [0.29, 0.717) is 5.56 Å². The van der Waals surface area contributed by atoms with Crippen molar-refractivity contribution in [2.75, 3.05) is 4.90 Å². The fourth-order valence-electron chi connectivity index (χ4n) is 4.31. The van der Waals surface area contributed by atoms with Gasteiger partial charge in [0.05, 0.1) is 21.6 Å². The van der Waals surface area contributed by atoms with Crippen molar-refractivity contribution in [2.45, 2.75) is 13.0 Å². The number of hydrogen-bond acceptors (Lipinski definition) is 6. The zero-order chi connectivity index (χ0) is 26.1. The van der Waals surface area contributed by atoms with E-state index in [-0.39, 0.29) is 28.1 Å². The molecule has 5 rings (SSSR count). The number of nitro groups is 1. The fraction of sp³-hybridized carbons (Fsp3) is 0.0690. The molecule has 8 nitrogen and oxygen atoms in total. The average molecular weight is 492 g/mol. The molecular weight excluding hydrogens is 472 g/mol. The number of nitro benzene ring substituents is 1. The fourth-order valence-corrected chi connectivity index (χ4v) is 4.31. The first kappa shape index (κ1) is 23.6. The van der Waals surface area contributed by atoms with E-state index in [1.807, 2.05) is 60.7 Å². The van der Waals surface area contributed by atoms with E-state index in [4.69, 9.17) is 4.74 Å². The molecule has 0 aromatic heterocycles. The topological polar surface area (TPSA) is 107 Å². The minimum Gasteiger partial charge on any atom is -0.449 e. The van der Waals surface area contributed by atoms with Crippen LogP contribution in [-0.2, 0) is 4.74 Å². The molecule has 0 radical (unpaired) electrons. The maximum atomic E-state index is 13.2. The normalized spacial score (nSPS) is 12.5. The molecule has 182 valence electrons. The minimum absolute atomic E-state index is 0.0229. The second kappa shape index (κ2) is 9.50. The largest absolute Gasteiger partial charge is 0.449 e. The van der Waals surface area contributed by atoms with Gasteiger partial charge in [0.15, 0.2) is 6.10 Å². The number of hydrogen-bond donors (Lipinski definition) is 0. The van der Waals surface area contributed by atoms with Crippen molar-refractivity contribution < 1.29 is 24.0 Å². The van der Waals surface area contributed by atoms with Gasteiger partial charge >= 0.3 is 5.97 Å². The Labute approximate surface area is 211 Å². The van der Waals surface area contributed by atoms with E-state index in [1.165, 1.54) is 30.3 Å². The molecule has 4 aromatic carbocycles. The van der Waals surface area contributed by atoms with Gasteiger partial charge in [-0.2, -0.15) is 0 Å². The van der Waals surface area contributed by atoms with Crippen LogP contribution in [0.25, 0.3) is 0 Å². The number of carbonyl (C=O) groups is 3. The SMILES string of the molecule is Cc1ccc(N2C(=O)c3ccc(C(=O)OC(c4ccccc4)c4ccccc4)cc3C2=O)c([N+](=O)[O-])c1. The molecule has 0 N–H and O–H groups in total. The second-order valence-corrected chi connectivity index (χ2v) is 8.56. The van der Waals surface area contributed by atoms with E-state index in [9.17, 15) is 24.5 Å². The highest BCUT2D eigenvalue weighted by molar-refractivity contribution is 6.35. The van der Waals surface area contributed by atoms with Gasteiger partial charge in [-0.05, 0) is 47.9 Å². The standard InChI is InChI=1S/C29H20N2O6/c1-18-12-15-24(25(16-18)31(35)36)30-27(32)22-14-13-21(17-23(22)28(30)33)29(34)37-26(19-8-4-2-5-9-19)20-10-6-3-7-11-20/h2-17,26H,1H3. The molecule has 0 fully saturated rings. The van der Waals surface area contributed by atoms with Gasteiger partial charge in [0, 0.05) is 6.07 Å². The van der Waals surface area contributed by atoms with Gasteiger partial charge in [-0.3, -0.25) is 19.7 Å². The van der Waals surface area contributed by atoms with E-state index in [2.05, 4.69) is 0 Å². The van der Waals surface area contributed by atoms with Gasteiger partial charge < -0.3 is 4.74 Å². The van der Waals surface area contributed by atoms with E-state index >= 15 is 0 Å². The molecule has 8 heteroatoms. The second-order valence-electron chi connectivity index (χ2n) is 8.56. The summed E-state index contributed by atoms with van der Waals surface area (Å²) in [6, 6.07) is 26.8. The molecule has 0 aliphatic carbocycles. The van der Waals surface area contributed by atoms with Crippen LogP contribution in [0.15, 0.2) is 97.1 Å². The summed E-state index contributed by atoms with van der Waals surface area (Å²) in [6.07, 6.45) is -0.688. The number of fused-ring (bicyclic) bond motifs is 1. The molecule has 4 aromatic rings. The highest BCUT2D eigenvalue weighted by atomic mass is 16.6. The van der Waals surface area contributed by atoms with Gasteiger partial charge in [-0.1, -0.05) is 66.7 Å². The predicted molar refractivity (Wildman–Crippen MR) is 136 cm³/mol. The molecule has 1 aliphatic rings. The zero-order valence-corrected chi connectivity index (χ0v) is 19.7. The average Bonchev–Trinajstić information content (AvgIpc) is 3.17. The molecule has 1 heterocycles. The van der Waals surface area contributed by atoms with Crippen LogP contribution >= 0.6 is 0 Å². The number of amides is 2. The highest BCUT2D eigenvalue weighted by Gasteiger charge is 2.40. The van der Waals surface area contributed by atoms with Crippen LogP contribution in [0.1, 0.15) is 53.9 Å². The Balaban J connectivity index is 1.47. The van der Waals surface area contributed by atoms with Crippen molar-refractivity contribution in [1.29, 1.82) is 0 Å². The smallest absolute Gasteiger partial charge is 0.339 e. The number of rotatable bonds is 6. The molecule has 0 saturated heterocycles. The van der Waals surface area contributed by atoms with Crippen molar-refractivity contribution in [3.05, 3.63) is 141 Å². The van der Waals surface area contributed by atoms with Crippen molar-refractivity contribution in [3.8, 4) is 0 Å². The lowest BCUT2D eigenvalue weighted by atomic mass is 10.0. The maximum Gasteiger partial charge on any atom is 0.339 e. The lowest BCUT2D eigenvalue weighted by Crippen LogP contribution is -2.30. The quantitative estimate of drug-likeness (QED) is 0.149. The number of nitrogens with zero attached hydrogens (tertiary/aromatic N) is 2. The van der Waals surface area contributed by atoms with Crippen LogP contribution in [0.4, 0.5) is 11.4 Å². The predicted octanol–water partition coefficient (Wildman–Crippen LogP) is 5.65. The summed E-state index contributed by atoms with van der Waals surface area (Å²) < 4.78 is 5.87. The Bertz CT molecular complexity index is 1510. The number of anilines is 1. The van der Waals surface area contributed by atoms with Crippen LogP contribution in [-0.4, -0.2) is 22.7 Å². The summed E-state index contributed by atoms with van der Waals surface area (Å²) in [4.78, 5) is 51.2. The molecule has 0 bridgehead atoms. The first-order valence-electron chi connectivity index (χ1n) is 11.4. The van der Waals surface area contributed by atoms with E-state index in [1.54, 1.807) is 13.0 Å². The molecule has 0 saturated carbocycles. The third kappa shape index (κ3) is 4.36. The maximum absolute atomic E-state index is 13.2. The number of aryl methyl sites for hydroxylation is 1. The van der Waals surface area contributed by atoms with Crippen molar-refractivity contribution in [3.63, 3.8) is 0 Å². The van der Waals surface area contributed by atoms with E-state index in [0.717, 1.165) is 16.0 Å². The number of carbonyl (C=O) groups excluding carboxylic acids is 3. The molecule has 1 aliphatic heterocycles. The summed E-state index contributed by atoms with van der Waals surface area (Å²) in [6.45, 7) is 1.68. The third-order valence-corrected chi connectivity index (χ3v) is 6.12. The Morgan fingerprint density at radius 2 is 1.41 bits per heavy atom. The summed E-state index contributed by atoms with van der Waals surface area (Å²) in [5.41, 5.74) is 1.78. The Morgan fingerprint density at radius 1 is 0.811 bits per heavy atom. The number of benzene rings is 4. The van der Waals surface area contributed by atoms with Crippen molar-refractivity contribution in [1.82, 2.24) is 0 Å². The van der Waals surface area contributed by atoms with Crippen LogP contribution in [0.2, 0.25) is 0 Å². The van der Waals surface area contributed by atoms with Crippen LogP contribution in [0.3, 0.4) is 0 Å². The summed E-state index contributed by atoms with van der Waals surface area (Å²) in [7, 11) is 0. The highest BCUT2D eigenvalue weighted by Crippen LogP contribution is 2.36. The summed E-state index contributed by atoms with van der Waals surface area (Å²) >= 11 is 0. The molecule has 2 amide bonds. The van der Waals surface area contributed by atoms with Crippen LogP contribution in [0.5, 0.6) is 0 Å². The number of ether oxygens (including phenoxy) is 1. The minimum atomic E-state index is -0.746. The molecule has 0 atom stereocenters. The first-order valence-corrected chi connectivity index (χ1v) is 11.4. The zero-order valence-electron chi connectivity index (χ0n) is 19.7. The third-order valence-electron chi connectivity index (χ3n) is 6.12. The molecule has 37 heavy (non-hydrogen) atoms. The van der Waals surface area contributed by atoms with Crippen LogP contribution in [0, 0.1) is 17.0 Å². The van der Waals surface area contributed by atoms with Gasteiger partial charge in [0.1, 0.15) is 5.69 Å². The number of imide groups is 1. The van der Waals surface area contributed by atoms with Gasteiger partial charge in [0.25, 0.3) is 17.5 Å². The monoisotopic (exact) mass is 492 g/mol. The number of esters is 1. The first-order chi connectivity index (χ1) is 17.8. The van der Waals surface area contributed by atoms with Gasteiger partial charge in [-0.25, -0.2) is 9.69 Å². The van der Waals surface area contributed by atoms with Crippen molar-refractivity contribution >= 4 is 29.2 Å². The Morgan fingerprint density at radius 3 is 2.00 bits per heavy atom. The molecular formula is C29H20N2O6. The summed E-state index contributed by atoms with van der Waals surface area (Å²) in [5.74, 6) is -2.12. The van der Waals surface area contributed by atoms with E-state index < -0.39 is 28.8 Å². The molecule has 0 unspecified atom stereocenters. The molecule has 0 spiro atoms.